The molecular weight excluding hydrogens is 310 g/mol. The second-order valence-corrected chi connectivity index (χ2v) is 4.69. The van der Waals surface area contributed by atoms with E-state index in [2.05, 4.69) is 10.1 Å². The van der Waals surface area contributed by atoms with E-state index in [0.29, 0.717) is 16.3 Å². The number of halogens is 3. The molecule has 1 aromatic rings. The van der Waals surface area contributed by atoms with Crippen molar-refractivity contribution in [1.82, 2.24) is 0 Å². The Kier molecular flexibility index (Phi) is 6.77. The first-order valence-electron chi connectivity index (χ1n) is 5.65. The van der Waals surface area contributed by atoms with Crippen LogP contribution < -0.4 is 11.1 Å². The number of ether oxygens (including phenoxy) is 1. The summed E-state index contributed by atoms with van der Waals surface area (Å²) in [6, 6.07) is 4.69. The fraction of sp³-hybridized carbons (Fsp3) is 0.333. The lowest BCUT2D eigenvalue weighted by atomic mass is 10.1. The molecule has 0 aliphatic heterocycles. The molecule has 3 N–H and O–H groups in total. The molecule has 0 saturated heterocycles. The molecular formula is C12H13ClF2N2O2S. The first-order valence-corrected chi connectivity index (χ1v) is 6.44. The number of nitrogens with two attached hydrogens (primary N) is 1. The number of amides is 1. The Labute approximate surface area is 125 Å². The van der Waals surface area contributed by atoms with Gasteiger partial charge in [0, 0.05) is 10.6 Å². The third-order valence-electron chi connectivity index (χ3n) is 2.24. The maximum atomic E-state index is 11.8. The summed E-state index contributed by atoms with van der Waals surface area (Å²) in [5, 5.41) is 2.97. The molecule has 0 spiro atoms. The van der Waals surface area contributed by atoms with E-state index in [1.165, 1.54) is 6.07 Å². The number of nitrogens with one attached hydrogen (secondary N) is 1. The van der Waals surface area contributed by atoms with Gasteiger partial charge in [-0.3, -0.25) is 4.79 Å². The van der Waals surface area contributed by atoms with E-state index >= 15 is 0 Å². The number of hydrogen-bond acceptors (Lipinski definition) is 3. The molecule has 8 heteroatoms. The first-order chi connectivity index (χ1) is 9.40. The highest BCUT2D eigenvalue weighted by Crippen LogP contribution is 2.21. The quantitative estimate of drug-likeness (QED) is 0.598. The van der Waals surface area contributed by atoms with Crippen molar-refractivity contribution in [2.75, 3.05) is 18.5 Å². The number of carbonyl (C=O) groups excluding carboxylic acids is 1. The molecule has 0 unspecified atom stereocenters. The summed E-state index contributed by atoms with van der Waals surface area (Å²) in [4.78, 5) is 11.8. The van der Waals surface area contributed by atoms with Crippen molar-refractivity contribution in [2.24, 2.45) is 5.73 Å². The number of thiocarbonyl (C=S) groups is 1. The molecule has 1 amide bonds. The number of carbonyl (C=O) groups is 1. The van der Waals surface area contributed by atoms with Crippen LogP contribution in [0.4, 0.5) is 14.5 Å². The Bertz CT molecular complexity index is 500. The molecule has 1 rings (SSSR count). The second kappa shape index (κ2) is 8.08. The van der Waals surface area contributed by atoms with Crippen molar-refractivity contribution in [3.8, 4) is 0 Å². The van der Waals surface area contributed by atoms with Crippen LogP contribution in [0.5, 0.6) is 0 Å². The summed E-state index contributed by atoms with van der Waals surface area (Å²) in [5.74, 6) is -0.404. The second-order valence-electron chi connectivity index (χ2n) is 3.82. The fourth-order valence-corrected chi connectivity index (χ4v) is 1.73. The largest absolute Gasteiger partial charge is 0.389 e. The molecule has 0 aliphatic rings. The summed E-state index contributed by atoms with van der Waals surface area (Å²) in [6.45, 7) is -0.790. The molecule has 0 aliphatic carbocycles. The van der Waals surface area contributed by atoms with E-state index in [9.17, 15) is 13.6 Å². The van der Waals surface area contributed by atoms with Crippen LogP contribution in [0.2, 0.25) is 5.02 Å². The summed E-state index contributed by atoms with van der Waals surface area (Å²) in [7, 11) is 0. The van der Waals surface area contributed by atoms with Crippen LogP contribution in [0.15, 0.2) is 18.2 Å². The van der Waals surface area contributed by atoms with Crippen LogP contribution in [0.25, 0.3) is 0 Å². The average Bonchev–Trinajstić information content (AvgIpc) is 2.34. The van der Waals surface area contributed by atoms with Crippen LogP contribution >= 0.6 is 23.8 Å². The van der Waals surface area contributed by atoms with Gasteiger partial charge in [0.05, 0.1) is 18.7 Å². The van der Waals surface area contributed by atoms with Gasteiger partial charge in [0.2, 0.25) is 5.91 Å². The Morgan fingerprint density at radius 3 is 2.80 bits per heavy atom. The van der Waals surface area contributed by atoms with Crippen LogP contribution in [0.3, 0.4) is 0 Å². The molecule has 20 heavy (non-hydrogen) atoms. The molecule has 1 aromatic carbocycles. The topological polar surface area (TPSA) is 64.3 Å². The smallest absolute Gasteiger partial charge is 0.261 e. The maximum Gasteiger partial charge on any atom is 0.261 e. The number of hydrogen-bond donors (Lipinski definition) is 2. The maximum absolute atomic E-state index is 11.8. The Balaban J connectivity index is 2.57. The van der Waals surface area contributed by atoms with Crippen LogP contribution in [0.1, 0.15) is 12.0 Å². The lowest BCUT2D eigenvalue weighted by Crippen LogP contribution is -2.19. The molecule has 0 bridgehead atoms. The van der Waals surface area contributed by atoms with Gasteiger partial charge in [-0.2, -0.15) is 0 Å². The van der Waals surface area contributed by atoms with E-state index in [0.717, 1.165) is 0 Å². The van der Waals surface area contributed by atoms with Gasteiger partial charge in [0.25, 0.3) is 6.43 Å². The van der Waals surface area contributed by atoms with Crippen molar-refractivity contribution in [3.05, 3.63) is 28.8 Å². The highest BCUT2D eigenvalue weighted by molar-refractivity contribution is 7.80. The van der Waals surface area contributed by atoms with Crippen LogP contribution in [0, 0.1) is 0 Å². The van der Waals surface area contributed by atoms with E-state index in [-0.39, 0.29) is 18.0 Å². The van der Waals surface area contributed by atoms with E-state index in [1.54, 1.807) is 12.1 Å². The summed E-state index contributed by atoms with van der Waals surface area (Å²) in [5.41, 5.74) is 6.38. The predicted octanol–water partition coefficient (Wildman–Crippen LogP) is 2.58. The third-order valence-corrected chi connectivity index (χ3v) is 2.69. The van der Waals surface area contributed by atoms with E-state index in [1.807, 2.05) is 0 Å². The summed E-state index contributed by atoms with van der Waals surface area (Å²) >= 11 is 10.7. The SMILES string of the molecule is NC(=S)c1ccc(Cl)cc1NC(=O)CCOCC(F)F. The van der Waals surface area contributed by atoms with E-state index in [4.69, 9.17) is 29.6 Å². The lowest BCUT2D eigenvalue weighted by Gasteiger charge is -2.10. The first kappa shape index (κ1) is 16.7. The molecule has 0 radical (unpaired) electrons. The van der Waals surface area contributed by atoms with Gasteiger partial charge in [-0.05, 0) is 18.2 Å². The zero-order valence-corrected chi connectivity index (χ0v) is 11.9. The minimum atomic E-state index is -2.55. The van der Waals surface area contributed by atoms with Gasteiger partial charge >= 0.3 is 0 Å². The van der Waals surface area contributed by atoms with Gasteiger partial charge in [-0.15, -0.1) is 0 Å². The van der Waals surface area contributed by atoms with Crippen molar-refractivity contribution < 1.29 is 18.3 Å². The summed E-state index contributed by atoms with van der Waals surface area (Å²) in [6.07, 6.45) is -2.61. The minimum absolute atomic E-state index is 0.0595. The van der Waals surface area contributed by atoms with Gasteiger partial charge < -0.3 is 15.8 Å². The van der Waals surface area contributed by atoms with Gasteiger partial charge in [-0.25, -0.2) is 8.78 Å². The molecule has 0 saturated carbocycles. The van der Waals surface area contributed by atoms with Crippen molar-refractivity contribution in [3.63, 3.8) is 0 Å². The molecule has 110 valence electrons. The molecule has 0 atom stereocenters. The Hall–Kier alpha value is -1.31. The zero-order chi connectivity index (χ0) is 15.1. The minimum Gasteiger partial charge on any atom is -0.389 e. The van der Waals surface area contributed by atoms with Crippen LogP contribution in [-0.4, -0.2) is 30.5 Å². The molecule has 0 heterocycles. The summed E-state index contributed by atoms with van der Waals surface area (Å²) < 4.78 is 28.3. The van der Waals surface area contributed by atoms with Crippen molar-refractivity contribution in [1.29, 1.82) is 0 Å². The molecule has 0 fully saturated rings. The van der Waals surface area contributed by atoms with Crippen molar-refractivity contribution >= 4 is 40.4 Å². The van der Waals surface area contributed by atoms with Crippen molar-refractivity contribution in [2.45, 2.75) is 12.8 Å². The average molecular weight is 323 g/mol. The number of alkyl halides is 2. The number of anilines is 1. The van der Waals surface area contributed by atoms with E-state index < -0.39 is 18.9 Å². The standard InChI is InChI=1S/C12H13ClF2N2O2S/c13-7-1-2-8(12(16)20)9(5-7)17-11(18)3-4-19-6-10(14)15/h1-2,5,10H,3-4,6H2,(H2,16,20)(H,17,18). The third kappa shape index (κ3) is 5.77. The lowest BCUT2D eigenvalue weighted by molar-refractivity contribution is -0.117. The Morgan fingerprint density at radius 2 is 2.20 bits per heavy atom. The van der Waals surface area contributed by atoms with Gasteiger partial charge in [-0.1, -0.05) is 23.8 Å². The van der Waals surface area contributed by atoms with Gasteiger partial charge in [0.15, 0.2) is 0 Å². The fourth-order valence-electron chi connectivity index (χ4n) is 1.38. The highest BCUT2D eigenvalue weighted by Gasteiger charge is 2.10. The zero-order valence-electron chi connectivity index (χ0n) is 10.4. The predicted molar refractivity (Wildman–Crippen MR) is 77.4 cm³/mol. The molecule has 0 aromatic heterocycles. The van der Waals surface area contributed by atoms with Gasteiger partial charge in [0.1, 0.15) is 11.6 Å². The highest BCUT2D eigenvalue weighted by atomic mass is 35.5. The monoisotopic (exact) mass is 322 g/mol. The number of rotatable bonds is 7. The van der Waals surface area contributed by atoms with Crippen LogP contribution in [-0.2, 0) is 9.53 Å². The normalized spacial score (nSPS) is 10.6. The Morgan fingerprint density at radius 1 is 1.50 bits per heavy atom. The number of benzene rings is 1. The molecule has 4 nitrogen and oxygen atoms in total.